The number of imide groups is 1. The van der Waals surface area contributed by atoms with Gasteiger partial charge in [-0.15, -0.1) is 0 Å². The van der Waals surface area contributed by atoms with Gasteiger partial charge in [0.2, 0.25) is 11.8 Å². The number of carbonyl (C=O) groups excluding carboxylic acids is 4. The number of likely N-dealkylation sites (tertiary alicyclic amines) is 1. The lowest BCUT2D eigenvalue weighted by molar-refractivity contribution is -0.153. The van der Waals surface area contributed by atoms with Crippen molar-refractivity contribution in [3.63, 3.8) is 0 Å². The first-order valence-electron chi connectivity index (χ1n) is 13.0. The number of carbonyl (C=O) groups is 5. The summed E-state index contributed by atoms with van der Waals surface area (Å²) in [6, 6.07) is 10.3. The van der Waals surface area contributed by atoms with Crippen LogP contribution in [0.15, 0.2) is 42.5 Å². The van der Waals surface area contributed by atoms with Crippen LogP contribution in [0.3, 0.4) is 0 Å². The Morgan fingerprint density at radius 3 is 2.16 bits per heavy atom. The first-order chi connectivity index (χ1) is 18.1. The van der Waals surface area contributed by atoms with Crippen molar-refractivity contribution in [1.82, 2.24) is 10.2 Å². The molecule has 2 aromatic carbocycles. The highest BCUT2D eigenvalue weighted by Crippen LogP contribution is 2.32. The van der Waals surface area contributed by atoms with E-state index in [2.05, 4.69) is 5.32 Å². The number of nitrogens with one attached hydrogen (secondary N) is 1. The lowest BCUT2D eigenvalue weighted by Gasteiger charge is -2.34. The Kier molecular flexibility index (Phi) is 7.66. The fourth-order valence-electron chi connectivity index (χ4n) is 5.40. The molecule has 38 heavy (non-hydrogen) atoms. The van der Waals surface area contributed by atoms with E-state index in [0.29, 0.717) is 35.5 Å². The summed E-state index contributed by atoms with van der Waals surface area (Å²) in [6.07, 6.45) is 2.30. The summed E-state index contributed by atoms with van der Waals surface area (Å²) in [5.41, 5.74) is 1.12. The predicted octanol–water partition coefficient (Wildman–Crippen LogP) is 3.34. The Hall–Kier alpha value is -4.01. The molecule has 0 bridgehead atoms. The molecule has 1 fully saturated rings. The highest BCUT2D eigenvalue weighted by molar-refractivity contribution is 6.34. The fraction of sp³-hybridized carbons (Fsp3) is 0.414. The molecule has 1 saturated heterocycles. The lowest BCUT2D eigenvalue weighted by Crippen LogP contribution is -2.55. The summed E-state index contributed by atoms with van der Waals surface area (Å²) in [5.74, 6) is -2.85. The van der Waals surface area contributed by atoms with Crippen LogP contribution in [0, 0.1) is 12.3 Å². The number of rotatable bonds is 9. The molecule has 4 amide bonds. The standard InChI is InChI=1S/C29H33N3O6/c1-4-29(5-2,28(38)31-15-6-7-16-31)27(37)30-22(26(35)36)17-19-11-13-20(14-12-19)32-24(33)21-10-8-9-18(3)23(21)25(32)34/h8-14,22H,4-7,15-17H2,1-3H3,(H,30,37)(H,35,36)/t22-/m0/s1. The number of fused-ring (bicyclic) bond motifs is 1. The average molecular weight is 520 g/mol. The van der Waals surface area contributed by atoms with Crippen LogP contribution < -0.4 is 10.2 Å². The van der Waals surface area contributed by atoms with Gasteiger partial charge in [0.1, 0.15) is 11.5 Å². The van der Waals surface area contributed by atoms with Crippen LogP contribution in [0.4, 0.5) is 5.69 Å². The summed E-state index contributed by atoms with van der Waals surface area (Å²) >= 11 is 0. The van der Waals surface area contributed by atoms with E-state index in [-0.39, 0.29) is 25.2 Å². The maximum atomic E-state index is 13.4. The molecule has 0 aliphatic carbocycles. The molecule has 1 atom stereocenters. The summed E-state index contributed by atoms with van der Waals surface area (Å²) in [6.45, 7) is 6.53. The van der Waals surface area contributed by atoms with Gasteiger partial charge in [-0.1, -0.05) is 38.1 Å². The van der Waals surface area contributed by atoms with Crippen molar-refractivity contribution >= 4 is 35.3 Å². The largest absolute Gasteiger partial charge is 0.480 e. The monoisotopic (exact) mass is 519 g/mol. The molecule has 4 rings (SSSR count). The number of aryl methyl sites for hydroxylation is 1. The van der Waals surface area contributed by atoms with Crippen LogP contribution in [0.2, 0.25) is 0 Å². The van der Waals surface area contributed by atoms with Crippen LogP contribution >= 0.6 is 0 Å². The van der Waals surface area contributed by atoms with Gasteiger partial charge in [-0.05, 0) is 61.9 Å². The van der Waals surface area contributed by atoms with Crippen LogP contribution in [0.5, 0.6) is 0 Å². The SMILES string of the molecule is CCC(CC)(C(=O)N[C@@H](Cc1ccc(N2C(=O)c3cccc(C)c3C2=O)cc1)C(=O)O)C(=O)N1CCCC1. The van der Waals surface area contributed by atoms with E-state index < -0.39 is 35.1 Å². The Morgan fingerprint density at radius 1 is 0.974 bits per heavy atom. The summed E-state index contributed by atoms with van der Waals surface area (Å²) in [5, 5.41) is 12.5. The molecule has 0 saturated carbocycles. The van der Waals surface area contributed by atoms with Crippen molar-refractivity contribution in [2.75, 3.05) is 18.0 Å². The predicted molar refractivity (Wildman–Crippen MR) is 141 cm³/mol. The smallest absolute Gasteiger partial charge is 0.326 e. The van der Waals surface area contributed by atoms with Crippen LogP contribution in [-0.4, -0.2) is 58.7 Å². The van der Waals surface area contributed by atoms with E-state index in [1.807, 2.05) is 0 Å². The molecule has 200 valence electrons. The van der Waals surface area contributed by atoms with E-state index in [1.165, 1.54) is 0 Å². The summed E-state index contributed by atoms with van der Waals surface area (Å²) in [4.78, 5) is 67.3. The minimum atomic E-state index is -1.31. The maximum absolute atomic E-state index is 13.4. The zero-order valence-electron chi connectivity index (χ0n) is 22.0. The molecule has 9 heteroatoms. The van der Waals surface area contributed by atoms with E-state index in [9.17, 15) is 29.1 Å². The third kappa shape index (κ3) is 4.68. The molecule has 2 aromatic rings. The van der Waals surface area contributed by atoms with Crippen molar-refractivity contribution in [3.05, 3.63) is 64.7 Å². The molecule has 9 nitrogen and oxygen atoms in total. The second-order valence-electron chi connectivity index (χ2n) is 9.97. The second kappa shape index (κ2) is 10.8. The Balaban J connectivity index is 1.50. The van der Waals surface area contributed by atoms with Crippen LogP contribution in [0.25, 0.3) is 0 Å². The van der Waals surface area contributed by atoms with E-state index in [1.54, 1.807) is 68.1 Å². The highest BCUT2D eigenvalue weighted by Gasteiger charge is 2.46. The van der Waals surface area contributed by atoms with Gasteiger partial charge < -0.3 is 15.3 Å². The number of nitrogens with zero attached hydrogens (tertiary/aromatic N) is 2. The quantitative estimate of drug-likeness (QED) is 0.387. The van der Waals surface area contributed by atoms with Gasteiger partial charge in [-0.3, -0.25) is 19.2 Å². The number of anilines is 1. The summed E-state index contributed by atoms with van der Waals surface area (Å²) in [7, 11) is 0. The Morgan fingerprint density at radius 2 is 1.61 bits per heavy atom. The van der Waals surface area contributed by atoms with E-state index in [4.69, 9.17) is 0 Å². The first kappa shape index (κ1) is 27.0. The van der Waals surface area contributed by atoms with Crippen molar-refractivity contribution < 1.29 is 29.1 Å². The fourth-order valence-corrected chi connectivity index (χ4v) is 5.40. The van der Waals surface area contributed by atoms with Crippen LogP contribution in [0.1, 0.15) is 71.4 Å². The normalized spacial score (nSPS) is 16.0. The van der Waals surface area contributed by atoms with Gasteiger partial charge in [0.25, 0.3) is 11.8 Å². The molecule has 2 aliphatic rings. The number of benzene rings is 2. The van der Waals surface area contributed by atoms with Gasteiger partial charge in [-0.25, -0.2) is 9.69 Å². The number of aliphatic carboxylic acids is 1. The van der Waals surface area contributed by atoms with Gasteiger partial charge in [0.05, 0.1) is 16.8 Å². The van der Waals surface area contributed by atoms with Gasteiger partial charge in [-0.2, -0.15) is 0 Å². The van der Waals surface area contributed by atoms with Gasteiger partial charge in [0, 0.05) is 19.5 Å². The molecule has 0 radical (unpaired) electrons. The topological polar surface area (TPSA) is 124 Å². The molecular formula is C29H33N3O6. The maximum Gasteiger partial charge on any atom is 0.326 e. The Labute approximate surface area is 221 Å². The minimum absolute atomic E-state index is 0.0238. The third-order valence-corrected chi connectivity index (χ3v) is 7.81. The van der Waals surface area contributed by atoms with Gasteiger partial charge in [0.15, 0.2) is 0 Å². The molecule has 2 heterocycles. The first-order valence-corrected chi connectivity index (χ1v) is 13.0. The number of amides is 4. The Bertz CT molecular complexity index is 1280. The highest BCUT2D eigenvalue weighted by atomic mass is 16.4. The number of carboxylic acids is 1. The van der Waals surface area contributed by atoms with Crippen molar-refractivity contribution in [2.24, 2.45) is 5.41 Å². The summed E-state index contributed by atoms with van der Waals surface area (Å²) < 4.78 is 0. The van der Waals surface area contributed by atoms with Gasteiger partial charge >= 0.3 is 5.97 Å². The zero-order chi connectivity index (χ0) is 27.6. The minimum Gasteiger partial charge on any atom is -0.480 e. The zero-order valence-corrected chi connectivity index (χ0v) is 22.0. The lowest BCUT2D eigenvalue weighted by atomic mass is 9.79. The number of carboxylic acid groups (broad SMARTS) is 1. The van der Waals surface area contributed by atoms with E-state index >= 15 is 0 Å². The van der Waals surface area contributed by atoms with Crippen molar-refractivity contribution in [3.8, 4) is 0 Å². The molecule has 2 N–H and O–H groups in total. The second-order valence-corrected chi connectivity index (χ2v) is 9.97. The van der Waals surface area contributed by atoms with E-state index in [0.717, 1.165) is 23.3 Å². The third-order valence-electron chi connectivity index (χ3n) is 7.81. The average Bonchev–Trinajstić information content (AvgIpc) is 3.53. The van der Waals surface area contributed by atoms with Crippen molar-refractivity contribution in [2.45, 2.75) is 58.9 Å². The molecule has 0 unspecified atom stereocenters. The molecule has 0 spiro atoms. The molecule has 2 aliphatic heterocycles. The molecular weight excluding hydrogens is 486 g/mol. The molecule has 0 aromatic heterocycles. The van der Waals surface area contributed by atoms with Crippen molar-refractivity contribution in [1.29, 1.82) is 0 Å². The number of hydrogen-bond acceptors (Lipinski definition) is 5. The van der Waals surface area contributed by atoms with Crippen LogP contribution in [-0.2, 0) is 20.8 Å². The number of hydrogen-bond donors (Lipinski definition) is 2.